The molecule has 0 N–H and O–H groups in total. The van der Waals surface area contributed by atoms with Crippen molar-refractivity contribution in [2.45, 2.75) is 37.9 Å². The second-order valence-electron chi connectivity index (χ2n) is 6.78. The third-order valence-electron chi connectivity index (χ3n) is 4.88. The van der Waals surface area contributed by atoms with E-state index in [1.807, 2.05) is 30.5 Å². The van der Waals surface area contributed by atoms with E-state index in [9.17, 15) is 9.59 Å². The van der Waals surface area contributed by atoms with Gasteiger partial charge in [0.1, 0.15) is 11.2 Å². The fourth-order valence-electron chi connectivity index (χ4n) is 3.45. The van der Waals surface area contributed by atoms with Gasteiger partial charge in [-0.25, -0.2) is 24.3 Å². The molecular weight excluding hydrogens is 388 g/mol. The number of aromatic nitrogens is 5. The predicted octanol–water partition coefficient (Wildman–Crippen LogP) is 2.79. The first-order valence-electron chi connectivity index (χ1n) is 9.53. The highest BCUT2D eigenvalue weighted by molar-refractivity contribution is 7.98. The molecule has 9 heteroatoms. The fourth-order valence-corrected chi connectivity index (χ4v) is 3.78. The number of hydrogen-bond donors (Lipinski definition) is 0. The first kappa shape index (κ1) is 19.4. The average molecular weight is 411 g/mol. The number of carbonyl (C=O) groups excluding carboxylic acids is 1. The Morgan fingerprint density at radius 1 is 1.14 bits per heavy atom. The molecule has 0 saturated carbocycles. The van der Waals surface area contributed by atoms with Crippen molar-refractivity contribution in [3.8, 4) is 5.82 Å². The highest BCUT2D eigenvalue weighted by atomic mass is 32.2. The number of thioether (sulfide) groups is 1. The summed E-state index contributed by atoms with van der Waals surface area (Å²) in [5, 5.41) is 1.03. The Balaban J connectivity index is 1.99. The second kappa shape index (κ2) is 8.20. The predicted molar refractivity (Wildman–Crippen MR) is 114 cm³/mol. The Morgan fingerprint density at radius 3 is 2.76 bits per heavy atom. The van der Waals surface area contributed by atoms with Crippen molar-refractivity contribution in [1.29, 1.82) is 0 Å². The lowest BCUT2D eigenvalue weighted by molar-refractivity contribution is -0.116. The Hall–Kier alpha value is -2.94. The summed E-state index contributed by atoms with van der Waals surface area (Å²) in [5.41, 5.74) is 0.347. The molecule has 0 aromatic carbocycles. The van der Waals surface area contributed by atoms with Crippen molar-refractivity contribution in [2.75, 3.05) is 17.7 Å². The molecule has 0 atom stereocenters. The summed E-state index contributed by atoms with van der Waals surface area (Å²) in [6, 6.07) is 5.49. The first-order chi connectivity index (χ1) is 14.1. The number of allylic oxidation sites excluding steroid dienone is 2. The van der Waals surface area contributed by atoms with Crippen LogP contribution in [0.3, 0.4) is 0 Å². The van der Waals surface area contributed by atoms with Gasteiger partial charge in [0.25, 0.3) is 5.56 Å². The van der Waals surface area contributed by atoms with Gasteiger partial charge in [-0.2, -0.15) is 0 Å². The second-order valence-corrected chi connectivity index (χ2v) is 7.56. The number of hydrogen-bond acceptors (Lipinski definition) is 6. The van der Waals surface area contributed by atoms with Gasteiger partial charge in [0.2, 0.25) is 5.91 Å². The van der Waals surface area contributed by atoms with Crippen LogP contribution in [0.15, 0.2) is 46.5 Å². The number of nitrogens with zero attached hydrogens (tertiary/aromatic N) is 6. The fraction of sp³-hybridized carbons (Fsp3) is 0.350. The summed E-state index contributed by atoms with van der Waals surface area (Å²) >= 11 is 1.41. The Bertz CT molecular complexity index is 1150. The van der Waals surface area contributed by atoms with Gasteiger partial charge in [-0.05, 0) is 37.7 Å². The Labute approximate surface area is 172 Å². The molecule has 0 fully saturated rings. The molecule has 1 aliphatic rings. The van der Waals surface area contributed by atoms with Crippen LogP contribution in [0.4, 0.5) is 5.82 Å². The molecule has 4 heterocycles. The van der Waals surface area contributed by atoms with Crippen LogP contribution in [0, 0.1) is 0 Å². The molecule has 0 aliphatic carbocycles. The molecular formula is C20H22N6O2S. The van der Waals surface area contributed by atoms with E-state index in [0.29, 0.717) is 40.9 Å². The summed E-state index contributed by atoms with van der Waals surface area (Å²) in [7, 11) is 0. The zero-order chi connectivity index (χ0) is 20.4. The van der Waals surface area contributed by atoms with Gasteiger partial charge in [-0.3, -0.25) is 14.5 Å². The molecule has 0 unspecified atom stereocenters. The van der Waals surface area contributed by atoms with E-state index in [2.05, 4.69) is 16.0 Å². The minimum Gasteiger partial charge on any atom is -0.297 e. The maximum Gasteiger partial charge on any atom is 0.278 e. The summed E-state index contributed by atoms with van der Waals surface area (Å²) in [4.78, 5) is 40.5. The van der Waals surface area contributed by atoms with Crippen molar-refractivity contribution >= 4 is 34.5 Å². The number of fused-ring (bicyclic) bond motifs is 6. The SMILES string of the molecule is CSc1ncc2c(=O)n3n(c2n1)-c1cccc(n1)N(C(C)=O)CCCC/C=C\C3. The van der Waals surface area contributed by atoms with Crippen LogP contribution in [0.25, 0.3) is 16.9 Å². The van der Waals surface area contributed by atoms with Crippen LogP contribution in [-0.4, -0.2) is 43.0 Å². The van der Waals surface area contributed by atoms with Crippen LogP contribution in [-0.2, 0) is 11.3 Å². The quantitative estimate of drug-likeness (QED) is 0.348. The van der Waals surface area contributed by atoms with E-state index in [-0.39, 0.29) is 11.5 Å². The molecule has 150 valence electrons. The average Bonchev–Trinajstić information content (AvgIpc) is 3.00. The largest absolute Gasteiger partial charge is 0.297 e. The highest BCUT2D eigenvalue weighted by Crippen LogP contribution is 2.20. The number of anilines is 1. The van der Waals surface area contributed by atoms with Gasteiger partial charge in [-0.15, -0.1) is 0 Å². The molecule has 29 heavy (non-hydrogen) atoms. The van der Waals surface area contributed by atoms with Gasteiger partial charge in [-0.1, -0.05) is 30.0 Å². The third-order valence-corrected chi connectivity index (χ3v) is 5.44. The molecule has 4 rings (SSSR count). The first-order valence-corrected chi connectivity index (χ1v) is 10.8. The van der Waals surface area contributed by atoms with E-state index in [4.69, 9.17) is 4.98 Å². The Morgan fingerprint density at radius 2 is 1.97 bits per heavy atom. The minimum absolute atomic E-state index is 0.0539. The van der Waals surface area contributed by atoms with Gasteiger partial charge in [0, 0.05) is 19.7 Å². The standard InChI is InChI=1S/C20H22N6O2S/c1-14(27)24-11-6-4-3-5-7-12-25-19(28)15-13-21-20(29-2)23-18(15)26(25)17-10-8-9-16(24)22-17/h5,7-10,13H,3-4,6,11-12H2,1-2H3/b7-5-. The maximum atomic E-state index is 13.1. The monoisotopic (exact) mass is 410 g/mol. The van der Waals surface area contributed by atoms with E-state index >= 15 is 0 Å². The number of amides is 1. The molecule has 0 spiro atoms. The molecule has 3 aromatic heterocycles. The molecule has 3 aromatic rings. The van der Waals surface area contributed by atoms with Gasteiger partial charge >= 0.3 is 0 Å². The molecule has 8 nitrogen and oxygen atoms in total. The normalized spacial score (nSPS) is 15.9. The summed E-state index contributed by atoms with van der Waals surface area (Å²) < 4.78 is 3.34. The van der Waals surface area contributed by atoms with Crippen molar-refractivity contribution in [2.24, 2.45) is 0 Å². The highest BCUT2D eigenvalue weighted by Gasteiger charge is 2.19. The van der Waals surface area contributed by atoms with Crippen LogP contribution < -0.4 is 10.5 Å². The molecule has 1 aliphatic heterocycles. The number of carbonyl (C=O) groups is 1. The van der Waals surface area contributed by atoms with Gasteiger partial charge in [0.15, 0.2) is 16.6 Å². The molecule has 0 radical (unpaired) electrons. The van der Waals surface area contributed by atoms with Crippen molar-refractivity contribution in [3.63, 3.8) is 0 Å². The Kier molecular flexibility index (Phi) is 5.48. The zero-order valence-electron chi connectivity index (χ0n) is 16.4. The van der Waals surface area contributed by atoms with Gasteiger partial charge < -0.3 is 0 Å². The van der Waals surface area contributed by atoms with E-state index in [1.54, 1.807) is 27.4 Å². The van der Waals surface area contributed by atoms with Crippen molar-refractivity contribution < 1.29 is 4.79 Å². The number of pyridine rings is 1. The van der Waals surface area contributed by atoms with Gasteiger partial charge in [0.05, 0.1) is 6.54 Å². The number of rotatable bonds is 1. The van der Waals surface area contributed by atoms with Crippen LogP contribution in [0.5, 0.6) is 0 Å². The van der Waals surface area contributed by atoms with Crippen LogP contribution in [0.2, 0.25) is 0 Å². The third kappa shape index (κ3) is 3.69. The lowest BCUT2D eigenvalue weighted by atomic mass is 10.2. The van der Waals surface area contributed by atoms with E-state index in [1.165, 1.54) is 11.8 Å². The van der Waals surface area contributed by atoms with Crippen molar-refractivity contribution in [3.05, 3.63) is 46.9 Å². The van der Waals surface area contributed by atoms with Crippen molar-refractivity contribution in [1.82, 2.24) is 24.3 Å². The lowest BCUT2D eigenvalue weighted by Gasteiger charge is -2.21. The molecule has 0 saturated heterocycles. The molecule has 1 amide bonds. The van der Waals surface area contributed by atoms with E-state index in [0.717, 1.165) is 19.3 Å². The smallest absolute Gasteiger partial charge is 0.278 e. The maximum absolute atomic E-state index is 13.1. The lowest BCUT2D eigenvalue weighted by Crippen LogP contribution is -2.30. The zero-order valence-corrected chi connectivity index (χ0v) is 17.2. The minimum atomic E-state index is -0.164. The summed E-state index contributed by atoms with van der Waals surface area (Å²) in [6.45, 7) is 2.56. The summed E-state index contributed by atoms with van der Waals surface area (Å²) in [5.74, 6) is 1.06. The molecule has 2 bridgehead atoms. The topological polar surface area (TPSA) is 85.9 Å². The summed E-state index contributed by atoms with van der Waals surface area (Å²) in [6.07, 6.45) is 10.3. The van der Waals surface area contributed by atoms with E-state index < -0.39 is 0 Å². The van der Waals surface area contributed by atoms with Crippen LogP contribution in [0.1, 0.15) is 26.2 Å². The van der Waals surface area contributed by atoms with Crippen LogP contribution >= 0.6 is 11.8 Å².